The fraction of sp³-hybridized carbons (Fsp3) is 0.375. The Balaban J connectivity index is 1.90. The Morgan fingerprint density at radius 1 is 1.29 bits per heavy atom. The zero-order valence-electron chi connectivity index (χ0n) is 12.3. The number of hydrogen-bond donors (Lipinski definition) is 1. The number of nitrogens with zero attached hydrogens (tertiary/aromatic N) is 3. The molecule has 0 atom stereocenters. The molecule has 4 nitrogen and oxygen atoms in total. The van der Waals surface area contributed by atoms with Crippen molar-refractivity contribution in [1.29, 1.82) is 0 Å². The van der Waals surface area contributed by atoms with Gasteiger partial charge in [-0.15, -0.1) is 0 Å². The van der Waals surface area contributed by atoms with Crippen molar-refractivity contribution in [3.8, 4) is 0 Å². The summed E-state index contributed by atoms with van der Waals surface area (Å²) in [6.45, 7) is 2.76. The van der Waals surface area contributed by atoms with Crippen LogP contribution in [0.3, 0.4) is 0 Å². The highest BCUT2D eigenvalue weighted by atomic mass is 79.9. The van der Waals surface area contributed by atoms with Crippen molar-refractivity contribution >= 4 is 27.6 Å². The van der Waals surface area contributed by atoms with Gasteiger partial charge in [-0.1, -0.05) is 34.1 Å². The van der Waals surface area contributed by atoms with Crippen LogP contribution in [0.15, 0.2) is 28.7 Å². The van der Waals surface area contributed by atoms with E-state index in [1.807, 2.05) is 26.1 Å². The Kier molecular flexibility index (Phi) is 3.85. The lowest BCUT2D eigenvalue weighted by Crippen LogP contribution is -2.21. The van der Waals surface area contributed by atoms with Crippen LogP contribution in [0.25, 0.3) is 0 Å². The van der Waals surface area contributed by atoms with Crippen molar-refractivity contribution in [3.05, 3.63) is 45.7 Å². The van der Waals surface area contributed by atoms with E-state index in [9.17, 15) is 0 Å². The van der Waals surface area contributed by atoms with Crippen LogP contribution in [0.4, 0.5) is 11.6 Å². The van der Waals surface area contributed by atoms with Gasteiger partial charge in [0, 0.05) is 29.5 Å². The number of aromatic nitrogens is 2. The molecule has 1 heterocycles. The predicted octanol–water partition coefficient (Wildman–Crippen LogP) is 3.64. The van der Waals surface area contributed by atoms with E-state index >= 15 is 0 Å². The average molecular weight is 347 g/mol. The molecule has 0 aliphatic heterocycles. The Morgan fingerprint density at radius 2 is 2.00 bits per heavy atom. The minimum atomic E-state index is 0.503. The third-order valence-electron chi connectivity index (χ3n) is 3.84. The maximum atomic E-state index is 6.06. The third kappa shape index (κ3) is 3.02. The van der Waals surface area contributed by atoms with Crippen molar-refractivity contribution in [2.45, 2.75) is 32.2 Å². The van der Waals surface area contributed by atoms with E-state index in [1.165, 1.54) is 18.4 Å². The second-order valence-corrected chi connectivity index (χ2v) is 6.49. The van der Waals surface area contributed by atoms with Gasteiger partial charge in [-0.05, 0) is 31.4 Å². The molecule has 0 radical (unpaired) electrons. The molecule has 1 fully saturated rings. The first-order valence-corrected chi connectivity index (χ1v) is 7.94. The summed E-state index contributed by atoms with van der Waals surface area (Å²) in [5.74, 6) is 2.93. The minimum absolute atomic E-state index is 0.503. The lowest BCUT2D eigenvalue weighted by atomic mass is 10.2. The van der Waals surface area contributed by atoms with Gasteiger partial charge in [0.05, 0.1) is 0 Å². The molecule has 1 aliphatic carbocycles. The summed E-state index contributed by atoms with van der Waals surface area (Å²) in [5.41, 5.74) is 8.24. The molecule has 0 amide bonds. The molecular weight excluding hydrogens is 328 g/mol. The van der Waals surface area contributed by atoms with Gasteiger partial charge in [-0.2, -0.15) is 0 Å². The van der Waals surface area contributed by atoms with Crippen molar-refractivity contribution in [3.63, 3.8) is 0 Å². The first kappa shape index (κ1) is 14.3. The van der Waals surface area contributed by atoms with Crippen LogP contribution in [0.5, 0.6) is 0 Å². The highest BCUT2D eigenvalue weighted by Crippen LogP contribution is 2.39. The SMILES string of the molecule is Cc1c(N)nc(C2CC2)nc1N(C)Cc1ccccc1Br. The van der Waals surface area contributed by atoms with E-state index in [4.69, 9.17) is 10.7 Å². The number of anilines is 2. The molecule has 3 rings (SSSR count). The second-order valence-electron chi connectivity index (χ2n) is 5.64. The Morgan fingerprint density at radius 3 is 2.67 bits per heavy atom. The fourth-order valence-corrected chi connectivity index (χ4v) is 2.80. The van der Waals surface area contributed by atoms with Crippen molar-refractivity contribution in [2.24, 2.45) is 0 Å². The monoisotopic (exact) mass is 346 g/mol. The molecule has 2 aromatic rings. The number of rotatable bonds is 4. The predicted molar refractivity (Wildman–Crippen MR) is 89.4 cm³/mol. The van der Waals surface area contributed by atoms with Crippen molar-refractivity contribution in [1.82, 2.24) is 9.97 Å². The van der Waals surface area contributed by atoms with E-state index in [0.717, 1.165) is 28.2 Å². The number of nitrogen functional groups attached to an aromatic ring is 1. The highest BCUT2D eigenvalue weighted by molar-refractivity contribution is 9.10. The lowest BCUT2D eigenvalue weighted by Gasteiger charge is -2.22. The lowest BCUT2D eigenvalue weighted by molar-refractivity contribution is 0.846. The maximum Gasteiger partial charge on any atom is 0.137 e. The van der Waals surface area contributed by atoms with E-state index < -0.39 is 0 Å². The first-order valence-electron chi connectivity index (χ1n) is 7.15. The Labute approximate surface area is 133 Å². The molecule has 0 spiro atoms. The fourth-order valence-electron chi connectivity index (χ4n) is 2.39. The van der Waals surface area contributed by atoms with Crippen molar-refractivity contribution < 1.29 is 0 Å². The molecular formula is C16H19BrN4. The number of nitrogens with two attached hydrogens (primary N) is 1. The topological polar surface area (TPSA) is 55.0 Å². The van der Waals surface area contributed by atoms with Crippen LogP contribution in [-0.2, 0) is 6.54 Å². The van der Waals surface area contributed by atoms with Gasteiger partial charge >= 0.3 is 0 Å². The summed E-state index contributed by atoms with van der Waals surface area (Å²) < 4.78 is 1.11. The van der Waals surface area contributed by atoms with Gasteiger partial charge in [-0.3, -0.25) is 0 Å². The summed E-state index contributed by atoms with van der Waals surface area (Å²) in [4.78, 5) is 11.3. The van der Waals surface area contributed by atoms with Gasteiger partial charge in [-0.25, -0.2) is 9.97 Å². The highest BCUT2D eigenvalue weighted by Gasteiger charge is 2.28. The van der Waals surface area contributed by atoms with E-state index in [1.54, 1.807) is 0 Å². The van der Waals surface area contributed by atoms with Crippen molar-refractivity contribution in [2.75, 3.05) is 17.7 Å². The smallest absolute Gasteiger partial charge is 0.137 e. The standard InChI is InChI=1S/C16H19BrN4/c1-10-14(18)19-15(11-7-8-11)20-16(10)21(2)9-12-5-3-4-6-13(12)17/h3-6,11H,7-9H2,1-2H3,(H2,18,19,20). The number of halogens is 1. The summed E-state index contributed by atoms with van der Waals surface area (Å²) in [6.07, 6.45) is 2.35. The molecule has 0 unspecified atom stereocenters. The maximum absolute atomic E-state index is 6.06. The average Bonchev–Trinajstić information content (AvgIpc) is 3.28. The molecule has 1 aromatic heterocycles. The van der Waals surface area contributed by atoms with Gasteiger partial charge in [0.2, 0.25) is 0 Å². The Bertz CT molecular complexity index is 667. The Hall–Kier alpha value is -1.62. The normalized spacial score (nSPS) is 14.2. The largest absolute Gasteiger partial charge is 0.383 e. The molecule has 1 saturated carbocycles. The summed E-state index contributed by atoms with van der Waals surface area (Å²) >= 11 is 3.59. The molecule has 0 saturated heterocycles. The van der Waals surface area contributed by atoms with Gasteiger partial charge < -0.3 is 10.6 Å². The molecule has 2 N–H and O–H groups in total. The summed E-state index contributed by atoms with van der Waals surface area (Å²) in [5, 5.41) is 0. The zero-order valence-corrected chi connectivity index (χ0v) is 13.9. The van der Waals surface area contributed by atoms with Gasteiger partial charge in [0.25, 0.3) is 0 Å². The second kappa shape index (κ2) is 5.64. The molecule has 110 valence electrons. The van der Waals surface area contributed by atoms with Crippen LogP contribution in [-0.4, -0.2) is 17.0 Å². The van der Waals surface area contributed by atoms with Crippen LogP contribution in [0.2, 0.25) is 0 Å². The van der Waals surface area contributed by atoms with Crippen LogP contribution in [0, 0.1) is 6.92 Å². The molecule has 0 bridgehead atoms. The number of hydrogen-bond acceptors (Lipinski definition) is 4. The van der Waals surface area contributed by atoms with Gasteiger partial charge in [0.15, 0.2) is 0 Å². The van der Waals surface area contributed by atoms with Gasteiger partial charge in [0.1, 0.15) is 17.5 Å². The van der Waals surface area contributed by atoms with E-state index in [2.05, 4.69) is 37.9 Å². The summed E-state index contributed by atoms with van der Waals surface area (Å²) in [7, 11) is 2.05. The first-order chi connectivity index (χ1) is 10.1. The molecule has 1 aromatic carbocycles. The van der Waals surface area contributed by atoms with Crippen LogP contribution < -0.4 is 10.6 Å². The quantitative estimate of drug-likeness (QED) is 0.917. The summed E-state index contributed by atoms with van der Waals surface area (Å²) in [6, 6.07) is 8.24. The van der Waals surface area contributed by atoms with Crippen LogP contribution in [0.1, 0.15) is 35.7 Å². The number of benzene rings is 1. The third-order valence-corrected chi connectivity index (χ3v) is 4.62. The van der Waals surface area contributed by atoms with E-state index in [-0.39, 0.29) is 0 Å². The minimum Gasteiger partial charge on any atom is -0.383 e. The van der Waals surface area contributed by atoms with Crippen LogP contribution >= 0.6 is 15.9 Å². The zero-order chi connectivity index (χ0) is 15.0. The molecule has 21 heavy (non-hydrogen) atoms. The van der Waals surface area contributed by atoms with E-state index in [0.29, 0.717) is 11.7 Å². The molecule has 5 heteroatoms. The molecule has 1 aliphatic rings.